The molecule has 0 saturated heterocycles. The number of aliphatic hydroxyl groups excluding tert-OH is 3. The Balaban J connectivity index is -0.000000107. The van der Waals surface area contributed by atoms with Crippen LogP contribution in [0.25, 0.3) is 0 Å². The van der Waals surface area contributed by atoms with E-state index in [9.17, 15) is 0 Å². The van der Waals surface area contributed by atoms with E-state index in [1.165, 1.54) is 0 Å². The molecule has 0 aliphatic rings. The SMILES string of the molecule is OCC(O)CO.[CH2-]CC.[Y]. The maximum Gasteiger partial charge on any atom is 0.100 e. The summed E-state index contributed by atoms with van der Waals surface area (Å²) in [5.41, 5.74) is 0. The van der Waals surface area contributed by atoms with Crippen molar-refractivity contribution in [1.29, 1.82) is 0 Å². The summed E-state index contributed by atoms with van der Waals surface area (Å²) in [6, 6.07) is 0. The van der Waals surface area contributed by atoms with Crippen LogP contribution in [0.4, 0.5) is 0 Å². The van der Waals surface area contributed by atoms with Crippen LogP contribution in [0.3, 0.4) is 0 Å². The predicted octanol–water partition coefficient (Wildman–Crippen LogP) is -0.440. The molecule has 0 aromatic rings. The Kier molecular flexibility index (Phi) is 28.4. The number of hydrogen-bond acceptors (Lipinski definition) is 3. The summed E-state index contributed by atoms with van der Waals surface area (Å²) in [5, 5.41) is 24.0. The van der Waals surface area contributed by atoms with E-state index in [0.29, 0.717) is 0 Å². The van der Waals surface area contributed by atoms with Crippen LogP contribution in [0.5, 0.6) is 0 Å². The van der Waals surface area contributed by atoms with Crippen LogP contribution in [-0.4, -0.2) is 34.6 Å². The second kappa shape index (κ2) is 16.5. The maximum atomic E-state index is 8.17. The van der Waals surface area contributed by atoms with E-state index >= 15 is 0 Å². The van der Waals surface area contributed by atoms with Crippen LogP contribution >= 0.6 is 0 Å². The molecule has 0 aromatic heterocycles. The second-order valence-corrected chi connectivity index (χ2v) is 1.52. The van der Waals surface area contributed by atoms with E-state index in [1.54, 1.807) is 0 Å². The van der Waals surface area contributed by atoms with Gasteiger partial charge in [-0.3, -0.25) is 0 Å². The molecule has 0 bridgehead atoms. The third-order valence-corrected chi connectivity index (χ3v) is 0.421. The topological polar surface area (TPSA) is 60.7 Å². The van der Waals surface area contributed by atoms with Crippen molar-refractivity contribution in [2.24, 2.45) is 0 Å². The number of aliphatic hydroxyl groups is 3. The van der Waals surface area contributed by atoms with Gasteiger partial charge in [0.25, 0.3) is 0 Å². The fourth-order valence-electron chi connectivity index (χ4n) is 0.0577. The van der Waals surface area contributed by atoms with Gasteiger partial charge >= 0.3 is 0 Å². The predicted molar refractivity (Wildman–Crippen MR) is 35.8 cm³/mol. The zero-order valence-electron chi connectivity index (χ0n) is 6.32. The van der Waals surface area contributed by atoms with E-state index in [2.05, 4.69) is 6.92 Å². The second-order valence-electron chi connectivity index (χ2n) is 1.52. The monoisotopic (exact) mass is 224 g/mol. The van der Waals surface area contributed by atoms with Gasteiger partial charge in [-0.05, 0) is 0 Å². The maximum absolute atomic E-state index is 8.17. The molecule has 1 radical (unpaired) electrons. The summed E-state index contributed by atoms with van der Waals surface area (Å²) in [7, 11) is 0. The summed E-state index contributed by atoms with van der Waals surface area (Å²) in [6.45, 7) is 4.77. The van der Waals surface area contributed by atoms with Crippen LogP contribution in [0.15, 0.2) is 0 Å². The number of hydrogen-bond donors (Lipinski definition) is 3. The van der Waals surface area contributed by atoms with Gasteiger partial charge in [-0.15, -0.1) is 0 Å². The fourth-order valence-corrected chi connectivity index (χ4v) is 0.0577. The molecular weight excluding hydrogens is 209 g/mol. The van der Waals surface area contributed by atoms with Crippen molar-refractivity contribution < 1.29 is 48.0 Å². The Labute approximate surface area is 87.3 Å². The minimum atomic E-state index is -0.954. The van der Waals surface area contributed by atoms with Crippen molar-refractivity contribution in [3.8, 4) is 0 Å². The first-order valence-corrected chi connectivity index (χ1v) is 2.91. The van der Waals surface area contributed by atoms with Crippen molar-refractivity contribution in [3.63, 3.8) is 0 Å². The van der Waals surface area contributed by atoms with Gasteiger partial charge in [-0.25, -0.2) is 0 Å². The summed E-state index contributed by atoms with van der Waals surface area (Å²) in [5.74, 6) is 0. The third-order valence-electron chi connectivity index (χ3n) is 0.421. The van der Waals surface area contributed by atoms with Crippen molar-refractivity contribution in [1.82, 2.24) is 0 Å². The van der Waals surface area contributed by atoms with Crippen LogP contribution in [0.2, 0.25) is 0 Å². The summed E-state index contributed by atoms with van der Waals surface area (Å²) < 4.78 is 0. The summed E-state index contributed by atoms with van der Waals surface area (Å²) >= 11 is 0. The summed E-state index contributed by atoms with van der Waals surface area (Å²) in [6.07, 6.45) is 0.0463. The van der Waals surface area contributed by atoms with Gasteiger partial charge < -0.3 is 22.2 Å². The quantitative estimate of drug-likeness (QED) is 0.557. The molecule has 10 heavy (non-hydrogen) atoms. The Morgan fingerprint density at radius 1 is 1.30 bits per heavy atom. The Bertz CT molecular complexity index is 40.0. The molecule has 0 fully saturated rings. The molecule has 0 unspecified atom stereocenters. The molecule has 3 N–H and O–H groups in total. The molecule has 0 amide bonds. The third kappa shape index (κ3) is 23.1. The zero-order valence-corrected chi connectivity index (χ0v) is 9.16. The van der Waals surface area contributed by atoms with Gasteiger partial charge in [0.2, 0.25) is 0 Å². The molecule has 3 nitrogen and oxygen atoms in total. The van der Waals surface area contributed by atoms with Gasteiger partial charge in [0.15, 0.2) is 0 Å². The average molecular weight is 224 g/mol. The smallest absolute Gasteiger partial charge is 0.100 e. The van der Waals surface area contributed by atoms with Crippen molar-refractivity contribution in [2.45, 2.75) is 19.4 Å². The Morgan fingerprint density at radius 3 is 1.50 bits per heavy atom. The van der Waals surface area contributed by atoms with Crippen LogP contribution in [0, 0.1) is 6.92 Å². The van der Waals surface area contributed by atoms with Crippen LogP contribution in [0.1, 0.15) is 13.3 Å². The normalized spacial score (nSPS) is 7.80. The first kappa shape index (κ1) is 17.2. The molecule has 0 atom stereocenters. The van der Waals surface area contributed by atoms with E-state index < -0.39 is 6.10 Å². The molecule has 0 rings (SSSR count). The van der Waals surface area contributed by atoms with Crippen LogP contribution in [-0.2, 0) is 32.7 Å². The van der Waals surface area contributed by atoms with Gasteiger partial charge in [-0.2, -0.15) is 6.42 Å². The minimum absolute atomic E-state index is 0. The minimum Gasteiger partial charge on any atom is -0.394 e. The molecule has 0 saturated carbocycles. The Hall–Kier alpha value is 0.984. The van der Waals surface area contributed by atoms with Crippen molar-refractivity contribution >= 4 is 0 Å². The standard InChI is InChI=1S/C3H8O3.C3H7.Y/c4-1-3(6)2-5;1-3-2;/h3-6H,1-2H2;1,3H2,2H3;/q;-1;. The van der Waals surface area contributed by atoms with Gasteiger partial charge in [0, 0.05) is 32.7 Å². The van der Waals surface area contributed by atoms with E-state index in [1.807, 2.05) is 6.92 Å². The molecule has 4 heteroatoms. The van der Waals surface area contributed by atoms with Gasteiger partial charge in [0.05, 0.1) is 13.2 Å². The van der Waals surface area contributed by atoms with Gasteiger partial charge in [-0.1, -0.05) is 6.92 Å². The van der Waals surface area contributed by atoms with Crippen molar-refractivity contribution in [2.75, 3.05) is 13.2 Å². The molecule has 0 aliphatic carbocycles. The molecular formula is C6H15O3Y-. The molecule has 0 aliphatic heterocycles. The molecule has 0 aromatic carbocycles. The van der Waals surface area contributed by atoms with Crippen LogP contribution < -0.4 is 0 Å². The first-order chi connectivity index (χ1) is 4.22. The largest absolute Gasteiger partial charge is 0.394 e. The molecule has 61 valence electrons. The van der Waals surface area contributed by atoms with E-state index in [4.69, 9.17) is 15.3 Å². The summed E-state index contributed by atoms with van der Waals surface area (Å²) in [4.78, 5) is 0. The fraction of sp³-hybridized carbons (Fsp3) is 0.833. The Morgan fingerprint density at radius 2 is 1.50 bits per heavy atom. The van der Waals surface area contributed by atoms with E-state index in [0.717, 1.165) is 6.42 Å². The van der Waals surface area contributed by atoms with E-state index in [-0.39, 0.29) is 45.9 Å². The van der Waals surface area contributed by atoms with Crippen molar-refractivity contribution in [3.05, 3.63) is 6.92 Å². The number of rotatable bonds is 2. The van der Waals surface area contributed by atoms with Gasteiger partial charge in [0.1, 0.15) is 6.10 Å². The molecule has 0 heterocycles. The molecule has 0 spiro atoms. The first-order valence-electron chi connectivity index (χ1n) is 2.91. The average Bonchev–Trinajstić information content (AvgIpc) is 1.88. The zero-order chi connectivity index (χ0) is 7.70.